The molecule has 27 heavy (non-hydrogen) atoms. The van der Waals surface area contributed by atoms with Gasteiger partial charge in [0.05, 0.1) is 15.9 Å². The number of rotatable bonds is 3. The van der Waals surface area contributed by atoms with Crippen LogP contribution in [0.25, 0.3) is 31.7 Å². The first kappa shape index (κ1) is 16.4. The summed E-state index contributed by atoms with van der Waals surface area (Å²) in [4.78, 5) is 17.9. The van der Waals surface area contributed by atoms with Gasteiger partial charge < -0.3 is 10.2 Å². The third-order valence-electron chi connectivity index (χ3n) is 5.11. The van der Waals surface area contributed by atoms with Crippen LogP contribution in [-0.4, -0.2) is 35.1 Å². The highest BCUT2D eigenvalue weighted by atomic mass is 32.1. The van der Waals surface area contributed by atoms with E-state index in [0.29, 0.717) is 5.95 Å². The Bertz CT molecular complexity index is 1100. The first-order valence-electron chi connectivity index (χ1n) is 9.43. The highest BCUT2D eigenvalue weighted by molar-refractivity contribution is 7.26. The Morgan fingerprint density at radius 3 is 2.52 bits per heavy atom. The Morgan fingerprint density at radius 1 is 0.926 bits per heavy atom. The van der Waals surface area contributed by atoms with Gasteiger partial charge in [0.2, 0.25) is 5.95 Å². The molecule has 1 aliphatic heterocycles. The molecule has 4 heterocycles. The number of hydrogen-bond acceptors (Lipinski definition) is 6. The van der Waals surface area contributed by atoms with Crippen LogP contribution in [0.3, 0.4) is 0 Å². The number of fused-ring (bicyclic) bond motifs is 3. The number of piperidine rings is 1. The number of aromatic nitrogens is 3. The third kappa shape index (κ3) is 2.90. The summed E-state index contributed by atoms with van der Waals surface area (Å²) in [5, 5.41) is 4.23. The van der Waals surface area contributed by atoms with Gasteiger partial charge in [-0.1, -0.05) is 30.3 Å². The molecule has 5 nitrogen and oxygen atoms in total. The lowest BCUT2D eigenvalue weighted by Crippen LogP contribution is -2.30. The topological polar surface area (TPSA) is 53.9 Å². The van der Waals surface area contributed by atoms with Crippen LogP contribution in [0.5, 0.6) is 0 Å². The number of nitrogens with zero attached hydrogens (tertiary/aromatic N) is 4. The highest BCUT2D eigenvalue weighted by Crippen LogP contribution is 2.39. The molecule has 0 aliphatic carbocycles. The van der Waals surface area contributed by atoms with Gasteiger partial charge in [-0.25, -0.2) is 9.97 Å². The molecule has 136 valence electrons. The predicted molar refractivity (Wildman–Crippen MR) is 114 cm³/mol. The molecule has 0 bridgehead atoms. The van der Waals surface area contributed by atoms with Crippen LogP contribution in [0, 0.1) is 0 Å². The summed E-state index contributed by atoms with van der Waals surface area (Å²) in [6, 6.07) is 14.6. The first-order chi connectivity index (χ1) is 13.3. The monoisotopic (exact) mass is 375 g/mol. The van der Waals surface area contributed by atoms with Gasteiger partial charge in [-0.05, 0) is 31.4 Å². The molecule has 1 aromatic carbocycles. The van der Waals surface area contributed by atoms with E-state index in [9.17, 15) is 0 Å². The minimum absolute atomic E-state index is 0.676. The fraction of sp³-hybridized carbons (Fsp3) is 0.286. The van der Waals surface area contributed by atoms with E-state index in [1.165, 1.54) is 19.3 Å². The van der Waals surface area contributed by atoms with Gasteiger partial charge in [0.15, 0.2) is 5.82 Å². The van der Waals surface area contributed by atoms with Crippen LogP contribution in [0.15, 0.2) is 42.5 Å². The zero-order valence-electron chi connectivity index (χ0n) is 15.3. The molecular weight excluding hydrogens is 354 g/mol. The number of benzene rings is 1. The molecule has 1 N–H and O–H groups in total. The molecule has 5 rings (SSSR count). The van der Waals surface area contributed by atoms with Crippen molar-refractivity contribution in [3.8, 4) is 11.3 Å². The van der Waals surface area contributed by atoms with Crippen molar-refractivity contribution in [3.63, 3.8) is 0 Å². The van der Waals surface area contributed by atoms with E-state index in [4.69, 9.17) is 15.0 Å². The molecule has 0 saturated carbocycles. The normalized spacial score (nSPS) is 14.8. The summed E-state index contributed by atoms with van der Waals surface area (Å²) in [7, 11) is 1.88. The number of hydrogen-bond donors (Lipinski definition) is 1. The van der Waals surface area contributed by atoms with E-state index in [2.05, 4.69) is 34.5 Å². The number of pyridine rings is 1. The average molecular weight is 376 g/mol. The fourth-order valence-electron chi connectivity index (χ4n) is 3.71. The van der Waals surface area contributed by atoms with Crippen LogP contribution >= 0.6 is 11.3 Å². The lowest BCUT2D eigenvalue weighted by atomic mass is 10.1. The minimum Gasteiger partial charge on any atom is -0.357 e. The van der Waals surface area contributed by atoms with Crippen molar-refractivity contribution in [3.05, 3.63) is 42.5 Å². The molecule has 0 atom stereocenters. The van der Waals surface area contributed by atoms with Gasteiger partial charge >= 0.3 is 0 Å². The largest absolute Gasteiger partial charge is 0.357 e. The summed E-state index contributed by atoms with van der Waals surface area (Å²) in [6.45, 7) is 2.12. The van der Waals surface area contributed by atoms with Gasteiger partial charge in [-0.2, -0.15) is 4.98 Å². The maximum Gasteiger partial charge on any atom is 0.225 e. The Balaban J connectivity index is 1.71. The van der Waals surface area contributed by atoms with Crippen molar-refractivity contribution in [1.82, 2.24) is 15.0 Å². The number of thiophene rings is 1. The second kappa shape index (κ2) is 6.78. The molecule has 1 fully saturated rings. The second-order valence-electron chi connectivity index (χ2n) is 6.86. The van der Waals surface area contributed by atoms with Crippen LogP contribution in [0.2, 0.25) is 0 Å². The Morgan fingerprint density at radius 2 is 1.74 bits per heavy atom. The van der Waals surface area contributed by atoms with Crippen molar-refractivity contribution < 1.29 is 0 Å². The van der Waals surface area contributed by atoms with Crippen molar-refractivity contribution in [2.45, 2.75) is 19.3 Å². The second-order valence-corrected chi connectivity index (χ2v) is 7.86. The van der Waals surface area contributed by atoms with Crippen molar-refractivity contribution in [2.24, 2.45) is 0 Å². The molecule has 1 saturated heterocycles. The third-order valence-corrected chi connectivity index (χ3v) is 6.20. The number of nitrogens with one attached hydrogen (secondary N) is 1. The lowest BCUT2D eigenvalue weighted by Gasteiger charge is -2.28. The minimum atomic E-state index is 0.676. The van der Waals surface area contributed by atoms with Crippen LogP contribution in [0.4, 0.5) is 11.8 Å². The zero-order valence-corrected chi connectivity index (χ0v) is 16.1. The van der Waals surface area contributed by atoms with Gasteiger partial charge in [0.1, 0.15) is 4.83 Å². The fourth-order valence-corrected chi connectivity index (χ4v) is 4.84. The van der Waals surface area contributed by atoms with E-state index in [0.717, 1.165) is 50.6 Å². The quantitative estimate of drug-likeness (QED) is 0.550. The number of anilines is 2. The SMILES string of the molecule is CNc1nc(N2CCCCC2)c2sc3nc(-c4ccccc4)ccc3c2n1. The molecule has 0 amide bonds. The molecule has 4 aromatic rings. The van der Waals surface area contributed by atoms with Crippen molar-refractivity contribution in [1.29, 1.82) is 0 Å². The van der Waals surface area contributed by atoms with Crippen molar-refractivity contribution >= 4 is 43.5 Å². The summed E-state index contributed by atoms with van der Waals surface area (Å²) in [6.07, 6.45) is 3.75. The van der Waals surface area contributed by atoms with Gasteiger partial charge in [-0.15, -0.1) is 11.3 Å². The summed E-state index contributed by atoms with van der Waals surface area (Å²) in [5.74, 6) is 1.73. The Hall–Kier alpha value is -2.73. The molecule has 1 aliphatic rings. The maximum absolute atomic E-state index is 4.94. The van der Waals surface area contributed by atoms with Gasteiger partial charge in [-0.3, -0.25) is 0 Å². The average Bonchev–Trinajstić information content (AvgIpc) is 3.12. The maximum atomic E-state index is 4.94. The predicted octanol–water partition coefficient (Wildman–Crippen LogP) is 4.94. The molecular formula is C21H21N5S. The first-order valence-corrected chi connectivity index (χ1v) is 10.2. The lowest BCUT2D eigenvalue weighted by molar-refractivity contribution is 0.575. The van der Waals surface area contributed by atoms with E-state index >= 15 is 0 Å². The zero-order chi connectivity index (χ0) is 18.2. The van der Waals surface area contributed by atoms with Gasteiger partial charge in [0, 0.05) is 31.1 Å². The highest BCUT2D eigenvalue weighted by Gasteiger charge is 2.20. The van der Waals surface area contributed by atoms with Crippen LogP contribution < -0.4 is 10.2 Å². The summed E-state index contributed by atoms with van der Waals surface area (Å²) in [5.41, 5.74) is 3.13. The van der Waals surface area contributed by atoms with Crippen LogP contribution in [-0.2, 0) is 0 Å². The van der Waals surface area contributed by atoms with E-state index < -0.39 is 0 Å². The van der Waals surface area contributed by atoms with Crippen molar-refractivity contribution in [2.75, 3.05) is 30.4 Å². The van der Waals surface area contributed by atoms with Gasteiger partial charge in [0.25, 0.3) is 0 Å². The smallest absolute Gasteiger partial charge is 0.225 e. The standard InChI is InChI=1S/C21H21N5S/c1-22-21-24-17-15-10-11-16(14-8-4-2-5-9-14)23-20(15)27-18(17)19(25-21)26-12-6-3-7-13-26/h2,4-5,8-11H,3,6-7,12-13H2,1H3,(H,22,24,25). The molecule has 0 radical (unpaired) electrons. The molecule has 3 aromatic heterocycles. The van der Waals surface area contributed by atoms with E-state index in [-0.39, 0.29) is 0 Å². The van der Waals surface area contributed by atoms with Crippen LogP contribution in [0.1, 0.15) is 19.3 Å². The Labute approximate surface area is 162 Å². The molecule has 0 spiro atoms. The summed E-state index contributed by atoms with van der Waals surface area (Å²) >= 11 is 1.70. The van der Waals surface area contributed by atoms with E-state index in [1.807, 2.05) is 25.2 Å². The molecule has 6 heteroatoms. The van der Waals surface area contributed by atoms with E-state index in [1.54, 1.807) is 11.3 Å². The summed E-state index contributed by atoms with van der Waals surface area (Å²) < 4.78 is 1.14. The molecule has 0 unspecified atom stereocenters. The Kier molecular flexibility index (Phi) is 4.13.